The number of fused-ring (bicyclic) bond motifs is 1. The van der Waals surface area contributed by atoms with Gasteiger partial charge in [0, 0.05) is 16.7 Å². The van der Waals surface area contributed by atoms with Gasteiger partial charge in [-0.1, -0.05) is 11.6 Å². The topological polar surface area (TPSA) is 50.2 Å². The first kappa shape index (κ1) is 14.2. The molecular formula is C14H11ClFN3OS. The summed E-state index contributed by atoms with van der Waals surface area (Å²) in [5.41, 5.74) is 1.75. The Morgan fingerprint density at radius 1 is 1.38 bits per heavy atom. The van der Waals surface area contributed by atoms with Gasteiger partial charge in [-0.2, -0.15) is 0 Å². The van der Waals surface area contributed by atoms with Crippen LogP contribution >= 0.6 is 23.4 Å². The Hall–Kier alpha value is -1.79. The third-order valence-corrected chi connectivity index (χ3v) is 4.28. The summed E-state index contributed by atoms with van der Waals surface area (Å²) in [6, 6.07) is 6.04. The molecule has 3 aromatic rings. The molecule has 7 heteroatoms. The van der Waals surface area contributed by atoms with Gasteiger partial charge in [0.25, 0.3) is 5.56 Å². The minimum atomic E-state index is -0.455. The number of rotatable bonds is 2. The zero-order chi connectivity index (χ0) is 15.1. The van der Waals surface area contributed by atoms with Gasteiger partial charge < -0.3 is 0 Å². The summed E-state index contributed by atoms with van der Waals surface area (Å²) in [7, 11) is 0. The number of benzene rings is 1. The Kier molecular flexibility index (Phi) is 3.51. The lowest BCUT2D eigenvalue weighted by molar-refractivity contribution is 0.630. The third kappa shape index (κ3) is 2.34. The number of aryl methyl sites for hydroxylation is 1. The van der Waals surface area contributed by atoms with Crippen molar-refractivity contribution in [2.45, 2.75) is 11.8 Å². The highest BCUT2D eigenvalue weighted by atomic mass is 35.5. The highest BCUT2D eigenvalue weighted by molar-refractivity contribution is 7.98. The molecule has 0 radical (unpaired) electrons. The minimum absolute atomic E-state index is 0.189. The molecule has 0 unspecified atom stereocenters. The van der Waals surface area contributed by atoms with E-state index in [1.54, 1.807) is 25.1 Å². The second-order valence-electron chi connectivity index (χ2n) is 4.52. The summed E-state index contributed by atoms with van der Waals surface area (Å²) in [5, 5.41) is 3.21. The van der Waals surface area contributed by atoms with Gasteiger partial charge in [0.1, 0.15) is 5.82 Å². The number of aromatic nitrogens is 3. The monoisotopic (exact) mass is 323 g/mol. The number of aromatic amines is 1. The van der Waals surface area contributed by atoms with Gasteiger partial charge in [-0.25, -0.2) is 13.9 Å². The number of thioether (sulfide) groups is 1. The van der Waals surface area contributed by atoms with Crippen LogP contribution in [0.4, 0.5) is 4.39 Å². The number of halogens is 2. The highest BCUT2D eigenvalue weighted by Gasteiger charge is 2.14. The lowest BCUT2D eigenvalue weighted by atomic mass is 10.1. The molecule has 0 bridgehead atoms. The predicted molar refractivity (Wildman–Crippen MR) is 82.7 cm³/mol. The highest BCUT2D eigenvalue weighted by Crippen LogP contribution is 2.25. The quantitative estimate of drug-likeness (QED) is 0.734. The van der Waals surface area contributed by atoms with Crippen LogP contribution in [0.2, 0.25) is 5.02 Å². The van der Waals surface area contributed by atoms with Crippen LogP contribution in [0.1, 0.15) is 5.69 Å². The van der Waals surface area contributed by atoms with E-state index in [1.165, 1.54) is 22.3 Å². The van der Waals surface area contributed by atoms with E-state index in [9.17, 15) is 9.18 Å². The molecule has 1 aromatic carbocycles. The summed E-state index contributed by atoms with van der Waals surface area (Å²) in [5.74, 6) is -0.455. The van der Waals surface area contributed by atoms with Crippen LogP contribution in [-0.4, -0.2) is 20.9 Å². The normalized spacial score (nSPS) is 11.2. The summed E-state index contributed by atoms with van der Waals surface area (Å²) >= 11 is 7.09. The van der Waals surface area contributed by atoms with Crippen molar-refractivity contribution in [1.29, 1.82) is 0 Å². The standard InChI is InChI=1S/C14H11ClFN3OS/c1-7-13(21-2)14(20)19-12(17-7)6-11(18-19)9-4-3-8(15)5-10(9)16/h3-6,18H,1-2H3. The summed E-state index contributed by atoms with van der Waals surface area (Å²) in [6.45, 7) is 1.78. The maximum absolute atomic E-state index is 14.0. The molecule has 21 heavy (non-hydrogen) atoms. The molecule has 108 valence electrons. The van der Waals surface area contributed by atoms with Gasteiger partial charge in [0.2, 0.25) is 0 Å². The van der Waals surface area contributed by atoms with E-state index < -0.39 is 5.82 Å². The number of H-pyrrole nitrogens is 1. The lowest BCUT2D eigenvalue weighted by Crippen LogP contribution is -2.18. The fraction of sp³-hybridized carbons (Fsp3) is 0.143. The molecule has 3 rings (SSSR count). The molecule has 0 spiro atoms. The maximum atomic E-state index is 14.0. The molecule has 0 saturated heterocycles. The van der Waals surface area contributed by atoms with Crippen LogP contribution in [0.5, 0.6) is 0 Å². The fourth-order valence-electron chi connectivity index (χ4n) is 2.20. The largest absolute Gasteiger partial charge is 0.289 e. The van der Waals surface area contributed by atoms with Crippen molar-refractivity contribution in [3.8, 4) is 11.3 Å². The average molecular weight is 324 g/mol. The van der Waals surface area contributed by atoms with Crippen LogP contribution in [0.25, 0.3) is 16.9 Å². The van der Waals surface area contributed by atoms with E-state index >= 15 is 0 Å². The summed E-state index contributed by atoms with van der Waals surface area (Å²) in [6.07, 6.45) is 1.82. The van der Waals surface area contributed by atoms with Crippen LogP contribution in [-0.2, 0) is 0 Å². The Balaban J connectivity index is 2.26. The molecule has 0 atom stereocenters. The molecule has 2 heterocycles. The molecular weight excluding hydrogens is 313 g/mol. The number of hydrogen-bond acceptors (Lipinski definition) is 3. The fourth-order valence-corrected chi connectivity index (χ4v) is 2.97. The van der Waals surface area contributed by atoms with Gasteiger partial charge in [-0.05, 0) is 31.4 Å². The Bertz CT molecular complexity index is 903. The Morgan fingerprint density at radius 3 is 2.81 bits per heavy atom. The van der Waals surface area contributed by atoms with Crippen molar-refractivity contribution in [3.05, 3.63) is 51.2 Å². The smallest absolute Gasteiger partial charge is 0.286 e. The van der Waals surface area contributed by atoms with Gasteiger partial charge in [-0.3, -0.25) is 9.89 Å². The second-order valence-corrected chi connectivity index (χ2v) is 5.78. The Morgan fingerprint density at radius 2 is 2.14 bits per heavy atom. The molecule has 1 N–H and O–H groups in total. The maximum Gasteiger partial charge on any atom is 0.286 e. The minimum Gasteiger partial charge on any atom is -0.289 e. The van der Waals surface area contributed by atoms with Crippen LogP contribution < -0.4 is 5.56 Å². The van der Waals surface area contributed by atoms with Crippen LogP contribution in [0.3, 0.4) is 0 Å². The van der Waals surface area contributed by atoms with E-state index in [-0.39, 0.29) is 5.56 Å². The molecule has 2 aromatic heterocycles. The zero-order valence-corrected chi connectivity index (χ0v) is 12.8. The lowest BCUT2D eigenvalue weighted by Gasteiger charge is -2.01. The van der Waals surface area contributed by atoms with E-state index in [0.717, 1.165) is 0 Å². The van der Waals surface area contributed by atoms with Crippen molar-refractivity contribution in [2.24, 2.45) is 0 Å². The molecule has 0 aliphatic heterocycles. The summed E-state index contributed by atoms with van der Waals surface area (Å²) < 4.78 is 15.3. The van der Waals surface area contributed by atoms with E-state index in [2.05, 4.69) is 10.1 Å². The van der Waals surface area contributed by atoms with Gasteiger partial charge in [0.15, 0.2) is 5.65 Å². The van der Waals surface area contributed by atoms with E-state index in [4.69, 9.17) is 11.6 Å². The molecule has 0 fully saturated rings. The first-order valence-electron chi connectivity index (χ1n) is 6.13. The SMILES string of the molecule is CSc1c(C)nc2cc(-c3ccc(Cl)cc3F)[nH]n2c1=O. The average Bonchev–Trinajstić information content (AvgIpc) is 2.83. The number of nitrogens with one attached hydrogen (secondary N) is 1. The Labute approximate surface area is 128 Å². The molecule has 4 nitrogen and oxygen atoms in total. The van der Waals surface area contributed by atoms with Crippen LogP contribution in [0.15, 0.2) is 34.0 Å². The van der Waals surface area contributed by atoms with Gasteiger partial charge >= 0.3 is 0 Å². The molecule has 0 aliphatic carbocycles. The van der Waals surface area contributed by atoms with Crippen molar-refractivity contribution in [1.82, 2.24) is 14.6 Å². The molecule has 0 aliphatic rings. The summed E-state index contributed by atoms with van der Waals surface area (Å²) in [4.78, 5) is 17.3. The number of nitrogens with zero attached hydrogens (tertiary/aromatic N) is 2. The van der Waals surface area contributed by atoms with E-state index in [1.807, 2.05) is 6.26 Å². The van der Waals surface area contributed by atoms with Crippen molar-refractivity contribution < 1.29 is 4.39 Å². The first-order chi connectivity index (χ1) is 10.0. The first-order valence-corrected chi connectivity index (χ1v) is 7.73. The zero-order valence-electron chi connectivity index (χ0n) is 11.3. The predicted octanol–water partition coefficient (Wildman–Crippen LogP) is 3.51. The van der Waals surface area contributed by atoms with Gasteiger partial charge in [0.05, 0.1) is 16.3 Å². The van der Waals surface area contributed by atoms with Crippen molar-refractivity contribution >= 4 is 29.0 Å². The van der Waals surface area contributed by atoms with Crippen LogP contribution in [0, 0.1) is 12.7 Å². The third-order valence-electron chi connectivity index (χ3n) is 3.17. The number of hydrogen-bond donors (Lipinski definition) is 1. The van der Waals surface area contributed by atoms with Crippen molar-refractivity contribution in [3.63, 3.8) is 0 Å². The van der Waals surface area contributed by atoms with Gasteiger partial charge in [-0.15, -0.1) is 11.8 Å². The van der Waals surface area contributed by atoms with Crippen molar-refractivity contribution in [2.75, 3.05) is 6.26 Å². The molecule has 0 saturated carbocycles. The van der Waals surface area contributed by atoms with E-state index in [0.29, 0.717) is 32.5 Å². The second kappa shape index (κ2) is 5.20. The molecule has 0 amide bonds.